The van der Waals surface area contributed by atoms with Gasteiger partial charge in [-0.25, -0.2) is 5.06 Å². The van der Waals surface area contributed by atoms with Gasteiger partial charge < -0.3 is 10.2 Å². The number of carbonyl (C=O) groups is 3. The number of rotatable bonds is 11. The van der Waals surface area contributed by atoms with E-state index in [0.717, 1.165) is 32.5 Å². The highest BCUT2D eigenvalue weighted by atomic mass is 16.5. The highest BCUT2D eigenvalue weighted by molar-refractivity contribution is 5.89. The molecule has 1 aromatic rings. The van der Waals surface area contributed by atoms with Crippen molar-refractivity contribution in [2.45, 2.75) is 59.5 Å². The molecule has 1 fully saturated rings. The molecule has 2 rings (SSSR count). The highest BCUT2D eigenvalue weighted by Crippen LogP contribution is 2.23. The van der Waals surface area contributed by atoms with E-state index in [9.17, 15) is 19.6 Å². The molecule has 8 heteroatoms. The second-order valence-electron chi connectivity index (χ2n) is 9.96. The lowest BCUT2D eigenvalue weighted by atomic mass is 9.85. The minimum absolute atomic E-state index is 0.0827. The zero-order valence-electron chi connectivity index (χ0n) is 20.5. The molecule has 2 atom stereocenters. The van der Waals surface area contributed by atoms with Crippen molar-refractivity contribution in [3.05, 3.63) is 35.9 Å². The molecule has 8 nitrogen and oxygen atoms in total. The van der Waals surface area contributed by atoms with Gasteiger partial charge in [0.1, 0.15) is 6.04 Å². The molecule has 0 unspecified atom stereocenters. The summed E-state index contributed by atoms with van der Waals surface area (Å²) in [5.41, 5.74) is 0.774. The molecule has 0 spiro atoms. The maximum atomic E-state index is 13.4. The van der Waals surface area contributed by atoms with Gasteiger partial charge in [0.05, 0.1) is 12.5 Å². The average molecular weight is 461 g/mol. The lowest BCUT2D eigenvalue weighted by Crippen LogP contribution is -2.59. The molecule has 1 saturated heterocycles. The summed E-state index contributed by atoms with van der Waals surface area (Å²) in [4.78, 5) is 41.5. The van der Waals surface area contributed by atoms with Gasteiger partial charge >= 0.3 is 0 Å². The first kappa shape index (κ1) is 26.8. The summed E-state index contributed by atoms with van der Waals surface area (Å²) in [6, 6.07) is 9.60. The summed E-state index contributed by atoms with van der Waals surface area (Å²) in [6.45, 7) is 11.4. The normalized spacial score (nSPS) is 16.7. The van der Waals surface area contributed by atoms with Crippen LogP contribution in [-0.2, 0) is 20.9 Å². The quantitative estimate of drug-likeness (QED) is 0.301. The molecule has 3 amide bonds. The van der Waals surface area contributed by atoms with Gasteiger partial charge in [0.2, 0.25) is 18.2 Å². The molecule has 1 aliphatic rings. The first-order valence-corrected chi connectivity index (χ1v) is 11.9. The van der Waals surface area contributed by atoms with Crippen molar-refractivity contribution in [1.29, 1.82) is 0 Å². The van der Waals surface area contributed by atoms with Crippen LogP contribution in [0.3, 0.4) is 0 Å². The smallest absolute Gasteiger partial charge is 0.245 e. The largest absolute Gasteiger partial charge is 0.344 e. The molecule has 1 aromatic carbocycles. The van der Waals surface area contributed by atoms with E-state index >= 15 is 0 Å². The van der Waals surface area contributed by atoms with Gasteiger partial charge in [0.15, 0.2) is 0 Å². The topological polar surface area (TPSA) is 93.2 Å². The summed E-state index contributed by atoms with van der Waals surface area (Å²) in [5, 5.41) is 13.1. The van der Waals surface area contributed by atoms with Gasteiger partial charge in [-0.3, -0.25) is 24.5 Å². The second kappa shape index (κ2) is 12.7. The Morgan fingerprint density at radius 3 is 2.33 bits per heavy atom. The Morgan fingerprint density at radius 2 is 1.79 bits per heavy atom. The van der Waals surface area contributed by atoms with Crippen molar-refractivity contribution in [3.8, 4) is 0 Å². The molecule has 0 aromatic heterocycles. The van der Waals surface area contributed by atoms with Gasteiger partial charge in [-0.1, -0.05) is 70.9 Å². The Bertz CT molecular complexity index is 757. The fourth-order valence-corrected chi connectivity index (χ4v) is 4.08. The van der Waals surface area contributed by atoms with Crippen LogP contribution < -0.4 is 5.32 Å². The number of nitrogens with one attached hydrogen (secondary N) is 1. The number of nitrogens with zero attached hydrogens (tertiary/aromatic N) is 3. The molecular weight excluding hydrogens is 420 g/mol. The molecule has 33 heavy (non-hydrogen) atoms. The third-order valence-electron chi connectivity index (χ3n) is 6.14. The van der Waals surface area contributed by atoms with Crippen LogP contribution in [0.2, 0.25) is 0 Å². The van der Waals surface area contributed by atoms with Crippen LogP contribution in [0.15, 0.2) is 30.3 Å². The van der Waals surface area contributed by atoms with Crippen LogP contribution >= 0.6 is 0 Å². The van der Waals surface area contributed by atoms with Gasteiger partial charge in [0.25, 0.3) is 0 Å². The molecule has 2 N–H and O–H groups in total. The fourth-order valence-electron chi connectivity index (χ4n) is 4.08. The monoisotopic (exact) mass is 460 g/mol. The summed E-state index contributed by atoms with van der Waals surface area (Å²) >= 11 is 0. The predicted molar refractivity (Wildman–Crippen MR) is 127 cm³/mol. The van der Waals surface area contributed by atoms with Crippen LogP contribution in [0.25, 0.3) is 0 Å². The molecule has 1 heterocycles. The number of amides is 3. The number of unbranched alkanes of at least 4 members (excludes halogenated alkanes) is 1. The third kappa shape index (κ3) is 8.44. The standard InChI is InChI=1S/C25H40N4O4/c1-5-6-12-21(18-29(33)19-30)23(31)26-22(25(2,3)4)24(32)28-15-13-27(14-16-28)17-20-10-8-7-9-11-20/h7-11,19,21-22,33H,5-6,12-18H2,1-4H3,(H,26,31)/t21-,22-/m1/s1. The first-order chi connectivity index (χ1) is 15.7. The first-order valence-electron chi connectivity index (χ1n) is 11.9. The molecular formula is C25H40N4O4. The number of piperazine rings is 1. The van der Waals surface area contributed by atoms with E-state index in [0.29, 0.717) is 31.0 Å². The summed E-state index contributed by atoms with van der Waals surface area (Å²) in [7, 11) is 0. The van der Waals surface area contributed by atoms with Crippen LogP contribution in [0, 0.1) is 11.3 Å². The third-order valence-corrected chi connectivity index (χ3v) is 6.14. The Hall–Kier alpha value is -2.45. The van der Waals surface area contributed by atoms with E-state index in [-0.39, 0.29) is 18.4 Å². The fraction of sp³-hybridized carbons (Fsp3) is 0.640. The average Bonchev–Trinajstić information content (AvgIpc) is 2.79. The lowest BCUT2D eigenvalue weighted by Gasteiger charge is -2.40. The van der Waals surface area contributed by atoms with E-state index in [4.69, 9.17) is 0 Å². The van der Waals surface area contributed by atoms with E-state index in [2.05, 4.69) is 22.3 Å². The molecule has 0 aliphatic carbocycles. The number of benzene rings is 1. The van der Waals surface area contributed by atoms with Gasteiger partial charge in [0, 0.05) is 32.7 Å². The second-order valence-corrected chi connectivity index (χ2v) is 9.96. The van der Waals surface area contributed by atoms with Crippen molar-refractivity contribution < 1.29 is 19.6 Å². The lowest BCUT2D eigenvalue weighted by molar-refractivity contribution is -0.155. The molecule has 1 aliphatic heterocycles. The molecule has 0 bridgehead atoms. The van der Waals surface area contributed by atoms with Gasteiger partial charge in [-0.15, -0.1) is 0 Å². The summed E-state index contributed by atoms with van der Waals surface area (Å²) in [6.07, 6.45) is 2.53. The zero-order chi connectivity index (χ0) is 24.4. The van der Waals surface area contributed by atoms with Crippen molar-refractivity contribution in [2.24, 2.45) is 11.3 Å². The van der Waals surface area contributed by atoms with Crippen molar-refractivity contribution in [3.63, 3.8) is 0 Å². The Kier molecular flexibility index (Phi) is 10.3. The van der Waals surface area contributed by atoms with Gasteiger partial charge in [-0.2, -0.15) is 0 Å². The molecule has 0 radical (unpaired) electrons. The van der Waals surface area contributed by atoms with Gasteiger partial charge in [-0.05, 0) is 17.4 Å². The van der Waals surface area contributed by atoms with Crippen LogP contribution in [0.5, 0.6) is 0 Å². The van der Waals surface area contributed by atoms with E-state index in [1.165, 1.54) is 5.56 Å². The highest BCUT2D eigenvalue weighted by Gasteiger charge is 2.38. The van der Waals surface area contributed by atoms with E-state index in [1.54, 1.807) is 0 Å². The van der Waals surface area contributed by atoms with Crippen molar-refractivity contribution >= 4 is 18.2 Å². The zero-order valence-corrected chi connectivity index (χ0v) is 20.5. The summed E-state index contributed by atoms with van der Waals surface area (Å²) in [5.74, 6) is -0.957. The summed E-state index contributed by atoms with van der Waals surface area (Å²) < 4.78 is 0. The minimum Gasteiger partial charge on any atom is -0.344 e. The van der Waals surface area contributed by atoms with E-state index in [1.807, 2.05) is 50.8 Å². The molecule has 0 saturated carbocycles. The SMILES string of the molecule is CCCC[C@H](CN(O)C=O)C(=O)N[C@H](C(=O)N1CCN(Cc2ccccc2)CC1)C(C)(C)C. The maximum Gasteiger partial charge on any atom is 0.245 e. The Labute approximate surface area is 197 Å². The Morgan fingerprint density at radius 1 is 1.15 bits per heavy atom. The number of carbonyl (C=O) groups excluding carboxylic acids is 3. The minimum atomic E-state index is -0.682. The van der Waals surface area contributed by atoms with Crippen LogP contribution in [-0.4, -0.2) is 77.1 Å². The maximum absolute atomic E-state index is 13.4. The van der Waals surface area contributed by atoms with E-state index < -0.39 is 17.4 Å². The Balaban J connectivity index is 2.01. The molecule has 184 valence electrons. The predicted octanol–water partition coefficient (Wildman–Crippen LogP) is 2.52. The number of hydrogen-bond acceptors (Lipinski definition) is 5. The van der Waals surface area contributed by atoms with Crippen molar-refractivity contribution in [2.75, 3.05) is 32.7 Å². The van der Waals surface area contributed by atoms with Crippen LogP contribution in [0.4, 0.5) is 0 Å². The number of hydrogen-bond donors (Lipinski definition) is 2. The number of hydroxylamine groups is 2. The van der Waals surface area contributed by atoms with Crippen LogP contribution in [0.1, 0.15) is 52.5 Å². The van der Waals surface area contributed by atoms with Crippen molar-refractivity contribution in [1.82, 2.24) is 20.2 Å².